The highest BCUT2D eigenvalue weighted by Crippen LogP contribution is 2.41. The van der Waals surface area contributed by atoms with Gasteiger partial charge in [-0.2, -0.15) is 11.8 Å². The van der Waals surface area contributed by atoms with Gasteiger partial charge < -0.3 is 9.88 Å². The average Bonchev–Trinajstić information content (AvgIpc) is 3.00. The predicted molar refractivity (Wildman–Crippen MR) is 83.7 cm³/mol. The van der Waals surface area contributed by atoms with E-state index in [0.717, 1.165) is 13.0 Å². The van der Waals surface area contributed by atoms with Crippen molar-refractivity contribution in [2.75, 3.05) is 12.3 Å². The molecular formula is C15H27N3S. The number of hydrogen-bond donors (Lipinski definition) is 1. The summed E-state index contributed by atoms with van der Waals surface area (Å²) in [5, 5.41) is 3.78. The van der Waals surface area contributed by atoms with Crippen LogP contribution in [0.4, 0.5) is 0 Å². The second-order valence-corrected chi connectivity index (χ2v) is 7.39. The first-order valence-corrected chi connectivity index (χ1v) is 8.48. The van der Waals surface area contributed by atoms with Crippen LogP contribution in [-0.4, -0.2) is 32.6 Å². The third-order valence-electron chi connectivity index (χ3n) is 4.20. The van der Waals surface area contributed by atoms with E-state index in [4.69, 9.17) is 0 Å². The summed E-state index contributed by atoms with van der Waals surface area (Å²) in [5.74, 6) is 2.53. The van der Waals surface area contributed by atoms with Gasteiger partial charge in [0.15, 0.2) is 0 Å². The van der Waals surface area contributed by atoms with Gasteiger partial charge in [-0.3, -0.25) is 0 Å². The molecule has 1 saturated heterocycles. The van der Waals surface area contributed by atoms with Crippen molar-refractivity contribution in [1.29, 1.82) is 0 Å². The monoisotopic (exact) mass is 281 g/mol. The van der Waals surface area contributed by atoms with Crippen molar-refractivity contribution in [2.45, 2.75) is 56.7 Å². The quantitative estimate of drug-likeness (QED) is 0.833. The summed E-state index contributed by atoms with van der Waals surface area (Å²) in [4.78, 5) is 4.45. The third kappa shape index (κ3) is 3.76. The Bertz CT molecular complexity index is 382. The lowest BCUT2D eigenvalue weighted by atomic mass is 9.92. The first kappa shape index (κ1) is 14.9. The van der Waals surface area contributed by atoms with E-state index in [1.165, 1.54) is 37.3 Å². The first-order chi connectivity index (χ1) is 9.15. The maximum Gasteiger partial charge on any atom is 0.108 e. The van der Waals surface area contributed by atoms with E-state index in [1.807, 2.05) is 12.4 Å². The van der Waals surface area contributed by atoms with Crippen molar-refractivity contribution in [3.63, 3.8) is 0 Å². The Balaban J connectivity index is 1.95. The Kier molecular flexibility index (Phi) is 5.34. The summed E-state index contributed by atoms with van der Waals surface area (Å²) in [6, 6.07) is 0.608. The molecule has 0 aromatic carbocycles. The molecular weight excluding hydrogens is 254 g/mol. The number of aromatic nitrogens is 2. The van der Waals surface area contributed by atoms with Gasteiger partial charge in [0, 0.05) is 36.7 Å². The molecule has 0 bridgehead atoms. The fraction of sp³-hybridized carbons (Fsp3) is 0.800. The maximum atomic E-state index is 4.45. The number of nitrogens with zero attached hydrogens (tertiary/aromatic N) is 2. The van der Waals surface area contributed by atoms with Crippen molar-refractivity contribution in [1.82, 2.24) is 14.9 Å². The largest absolute Gasteiger partial charge is 0.338 e. The minimum Gasteiger partial charge on any atom is -0.338 e. The lowest BCUT2D eigenvalue weighted by molar-refractivity contribution is 0.377. The highest BCUT2D eigenvalue weighted by Gasteiger charge is 2.37. The lowest BCUT2D eigenvalue weighted by Crippen LogP contribution is -2.46. The minimum absolute atomic E-state index is 0.417. The van der Waals surface area contributed by atoms with E-state index in [1.54, 1.807) is 0 Å². The summed E-state index contributed by atoms with van der Waals surface area (Å²) in [6.07, 6.45) is 10.1. The summed E-state index contributed by atoms with van der Waals surface area (Å²) in [7, 11) is 2.09. The van der Waals surface area contributed by atoms with E-state index in [0.29, 0.717) is 10.8 Å². The van der Waals surface area contributed by atoms with Crippen LogP contribution in [0.2, 0.25) is 0 Å². The summed E-state index contributed by atoms with van der Waals surface area (Å²) in [6.45, 7) is 5.81. The lowest BCUT2D eigenvalue weighted by Gasteiger charge is -2.34. The molecule has 1 aliphatic rings. The van der Waals surface area contributed by atoms with Crippen LogP contribution in [0.15, 0.2) is 12.4 Å². The second-order valence-electron chi connectivity index (χ2n) is 5.76. The highest BCUT2D eigenvalue weighted by atomic mass is 32.2. The van der Waals surface area contributed by atoms with Crippen LogP contribution in [0, 0.1) is 0 Å². The van der Waals surface area contributed by atoms with Gasteiger partial charge in [0.25, 0.3) is 0 Å². The zero-order chi connectivity index (χ0) is 13.7. The summed E-state index contributed by atoms with van der Waals surface area (Å²) in [5.41, 5.74) is 0. The van der Waals surface area contributed by atoms with Gasteiger partial charge in [0.1, 0.15) is 5.82 Å². The van der Waals surface area contributed by atoms with Crippen molar-refractivity contribution >= 4 is 11.8 Å². The number of rotatable bonds is 7. The van der Waals surface area contributed by atoms with Gasteiger partial charge in [-0.15, -0.1) is 0 Å². The Morgan fingerprint density at radius 3 is 3.00 bits per heavy atom. The smallest absolute Gasteiger partial charge is 0.108 e. The predicted octanol–water partition coefficient (Wildman–Crippen LogP) is 3.01. The molecule has 1 fully saturated rings. The minimum atomic E-state index is 0.417. The Morgan fingerprint density at radius 1 is 1.58 bits per heavy atom. The number of hydrogen-bond acceptors (Lipinski definition) is 3. The topological polar surface area (TPSA) is 29.9 Å². The molecule has 0 saturated carbocycles. The molecule has 2 rings (SSSR count). The van der Waals surface area contributed by atoms with E-state index < -0.39 is 0 Å². The number of aryl methyl sites for hydroxylation is 2. The van der Waals surface area contributed by atoms with Crippen molar-refractivity contribution < 1.29 is 0 Å². The molecule has 3 nitrogen and oxygen atoms in total. The molecule has 108 valence electrons. The molecule has 2 heterocycles. The molecule has 2 unspecified atom stereocenters. The first-order valence-electron chi connectivity index (χ1n) is 7.49. The number of nitrogens with one attached hydrogen (secondary N) is 1. The fourth-order valence-corrected chi connectivity index (χ4v) is 4.37. The molecule has 0 amide bonds. The Morgan fingerprint density at radius 2 is 2.42 bits per heavy atom. The van der Waals surface area contributed by atoms with Gasteiger partial charge in [0.2, 0.25) is 0 Å². The third-order valence-corrected chi connectivity index (χ3v) is 5.85. The van der Waals surface area contributed by atoms with E-state index in [9.17, 15) is 0 Å². The summed E-state index contributed by atoms with van der Waals surface area (Å²) < 4.78 is 2.56. The zero-order valence-electron chi connectivity index (χ0n) is 12.5. The maximum absolute atomic E-state index is 4.45. The molecule has 4 heteroatoms. The van der Waals surface area contributed by atoms with E-state index in [-0.39, 0.29) is 0 Å². The molecule has 2 atom stereocenters. The molecule has 0 spiro atoms. The van der Waals surface area contributed by atoms with Crippen LogP contribution >= 0.6 is 11.8 Å². The van der Waals surface area contributed by atoms with Crippen LogP contribution in [0.5, 0.6) is 0 Å². The normalized spacial score (nSPS) is 24.8. The molecule has 1 aromatic heterocycles. The van der Waals surface area contributed by atoms with Crippen molar-refractivity contribution in [2.24, 2.45) is 7.05 Å². The Hall–Kier alpha value is -0.480. The number of imidazole rings is 1. The molecule has 1 aromatic rings. The molecule has 1 aliphatic heterocycles. The van der Waals surface area contributed by atoms with Crippen LogP contribution in [0.1, 0.15) is 45.4 Å². The van der Waals surface area contributed by atoms with Crippen molar-refractivity contribution in [3.8, 4) is 0 Å². The molecule has 1 N–H and O–H groups in total. The van der Waals surface area contributed by atoms with Crippen LogP contribution in [-0.2, 0) is 13.5 Å². The highest BCUT2D eigenvalue weighted by molar-refractivity contribution is 8.00. The van der Waals surface area contributed by atoms with Gasteiger partial charge in [-0.25, -0.2) is 4.98 Å². The van der Waals surface area contributed by atoms with Gasteiger partial charge in [-0.05, 0) is 44.9 Å². The van der Waals surface area contributed by atoms with Crippen molar-refractivity contribution in [3.05, 3.63) is 18.2 Å². The van der Waals surface area contributed by atoms with Crippen LogP contribution < -0.4 is 5.32 Å². The van der Waals surface area contributed by atoms with E-state index in [2.05, 4.69) is 47.5 Å². The Labute approximate surface area is 121 Å². The standard InChI is InChI=1S/C15H27N3S/c1-4-9-16-13(15(2)8-5-12-19-15)6-7-14-17-10-11-18(14)3/h10-11,13,16H,4-9,12H2,1-3H3. The SMILES string of the molecule is CCCNC(CCc1nccn1C)C1(C)CCCS1. The molecule has 19 heavy (non-hydrogen) atoms. The average molecular weight is 281 g/mol. The van der Waals surface area contributed by atoms with Gasteiger partial charge in [-0.1, -0.05) is 6.92 Å². The molecule has 0 aliphatic carbocycles. The van der Waals surface area contributed by atoms with E-state index >= 15 is 0 Å². The van der Waals surface area contributed by atoms with Crippen LogP contribution in [0.3, 0.4) is 0 Å². The zero-order valence-corrected chi connectivity index (χ0v) is 13.3. The molecule has 0 radical (unpaired) electrons. The second kappa shape index (κ2) is 6.80. The fourth-order valence-electron chi connectivity index (χ4n) is 2.93. The van der Waals surface area contributed by atoms with Crippen LogP contribution in [0.25, 0.3) is 0 Å². The van der Waals surface area contributed by atoms with Gasteiger partial charge in [0.05, 0.1) is 0 Å². The number of thioether (sulfide) groups is 1. The van der Waals surface area contributed by atoms with Gasteiger partial charge >= 0.3 is 0 Å². The summed E-state index contributed by atoms with van der Waals surface area (Å²) >= 11 is 2.15.